The number of rotatable bonds is 4. The number of halogens is 1. The largest absolute Gasteiger partial charge is 0.346 e. The molecule has 0 atom stereocenters. The first kappa shape index (κ1) is 13.1. The third kappa shape index (κ3) is 2.71. The third-order valence-corrected chi connectivity index (χ3v) is 3.45. The lowest BCUT2D eigenvalue weighted by Crippen LogP contribution is -2.24. The van der Waals surface area contributed by atoms with Gasteiger partial charge in [-0.2, -0.15) is 10.2 Å². The monoisotopic (exact) mass is 359 g/mol. The van der Waals surface area contributed by atoms with E-state index < -0.39 is 0 Å². The number of nitrogens with one attached hydrogen (secondary N) is 2. The van der Waals surface area contributed by atoms with E-state index in [4.69, 9.17) is 0 Å². The summed E-state index contributed by atoms with van der Waals surface area (Å²) in [4.78, 5) is 11.9. The summed E-state index contributed by atoms with van der Waals surface area (Å²) >= 11 is 2.07. The molecule has 2 aromatic rings. The van der Waals surface area contributed by atoms with Gasteiger partial charge in [0, 0.05) is 24.8 Å². The minimum atomic E-state index is -0.152. The van der Waals surface area contributed by atoms with Crippen LogP contribution < -0.4 is 5.32 Å². The smallest absolute Gasteiger partial charge is 0.270 e. The highest BCUT2D eigenvalue weighted by molar-refractivity contribution is 14.1. The average molecular weight is 359 g/mol. The normalized spacial score (nSPS) is 10.6. The Kier molecular flexibility index (Phi) is 4.00. The fourth-order valence-corrected chi connectivity index (χ4v) is 2.09. The fourth-order valence-electron chi connectivity index (χ4n) is 1.59. The van der Waals surface area contributed by atoms with E-state index in [1.807, 2.05) is 24.7 Å². The van der Waals surface area contributed by atoms with Crippen molar-refractivity contribution in [2.24, 2.45) is 0 Å². The van der Waals surface area contributed by atoms with Crippen LogP contribution in [0.1, 0.15) is 28.7 Å². The number of H-pyrrole nitrogens is 1. The average Bonchev–Trinajstić information content (AvgIpc) is 2.92. The molecular weight excluding hydrogens is 345 g/mol. The molecule has 0 fully saturated rings. The first-order valence-corrected chi connectivity index (χ1v) is 6.69. The summed E-state index contributed by atoms with van der Waals surface area (Å²) in [5, 5.41) is 13.7. The second-order valence-electron chi connectivity index (χ2n) is 3.87. The van der Waals surface area contributed by atoms with E-state index in [0.717, 1.165) is 21.4 Å². The van der Waals surface area contributed by atoms with Crippen LogP contribution in [0.4, 0.5) is 0 Å². The lowest BCUT2D eigenvalue weighted by molar-refractivity contribution is 0.0945. The Labute approximate surface area is 118 Å². The Balaban J connectivity index is 2.01. The molecule has 0 aliphatic rings. The summed E-state index contributed by atoms with van der Waals surface area (Å²) in [6.07, 6.45) is 3.57. The van der Waals surface area contributed by atoms with Crippen molar-refractivity contribution in [1.82, 2.24) is 25.3 Å². The summed E-state index contributed by atoms with van der Waals surface area (Å²) in [6.45, 7) is 5.27. The molecule has 18 heavy (non-hydrogen) atoms. The summed E-state index contributed by atoms with van der Waals surface area (Å²) < 4.78 is 2.67. The molecule has 1 amide bonds. The molecule has 2 rings (SSSR count). The second kappa shape index (κ2) is 5.51. The Hall–Kier alpha value is -1.38. The summed E-state index contributed by atoms with van der Waals surface area (Å²) in [5.41, 5.74) is 2.47. The van der Waals surface area contributed by atoms with Gasteiger partial charge < -0.3 is 5.32 Å². The van der Waals surface area contributed by atoms with Crippen LogP contribution in [0.3, 0.4) is 0 Å². The number of nitrogens with zero attached hydrogens (tertiary/aromatic N) is 3. The molecule has 0 aliphatic heterocycles. The van der Waals surface area contributed by atoms with Gasteiger partial charge in [-0.15, -0.1) is 0 Å². The van der Waals surface area contributed by atoms with Crippen molar-refractivity contribution < 1.29 is 4.79 Å². The quantitative estimate of drug-likeness (QED) is 0.812. The zero-order chi connectivity index (χ0) is 13.1. The highest BCUT2D eigenvalue weighted by atomic mass is 127. The number of aromatic nitrogens is 4. The molecule has 7 heteroatoms. The number of hydrogen-bond donors (Lipinski definition) is 2. The molecule has 0 bridgehead atoms. The molecule has 2 heterocycles. The molecule has 2 N–H and O–H groups in total. The van der Waals surface area contributed by atoms with Crippen LogP contribution in [-0.2, 0) is 13.1 Å². The van der Waals surface area contributed by atoms with Gasteiger partial charge in [0.2, 0.25) is 0 Å². The standard InChI is InChI=1S/C11H14IN5O/c1-3-17-6-8(7(2)16-17)4-13-11(18)10-9(12)5-14-15-10/h5-6H,3-4H2,1-2H3,(H,13,18)(H,14,15). The van der Waals surface area contributed by atoms with Crippen LogP contribution in [0.15, 0.2) is 12.4 Å². The highest BCUT2D eigenvalue weighted by Gasteiger charge is 2.12. The Morgan fingerprint density at radius 3 is 2.94 bits per heavy atom. The molecule has 6 nitrogen and oxygen atoms in total. The molecule has 96 valence electrons. The van der Waals surface area contributed by atoms with Crippen molar-refractivity contribution in [2.75, 3.05) is 0 Å². The van der Waals surface area contributed by atoms with Gasteiger partial charge in [0.25, 0.3) is 5.91 Å². The van der Waals surface area contributed by atoms with Crippen molar-refractivity contribution in [3.05, 3.63) is 32.9 Å². The van der Waals surface area contributed by atoms with Gasteiger partial charge in [-0.25, -0.2) is 0 Å². The molecule has 0 saturated carbocycles. The molecular formula is C11H14IN5O. The second-order valence-corrected chi connectivity index (χ2v) is 5.03. The Bertz CT molecular complexity index is 560. The third-order valence-electron chi connectivity index (χ3n) is 2.63. The maximum absolute atomic E-state index is 11.9. The van der Waals surface area contributed by atoms with Crippen LogP contribution in [-0.4, -0.2) is 25.9 Å². The molecule has 2 aromatic heterocycles. The van der Waals surface area contributed by atoms with Gasteiger partial charge in [0.15, 0.2) is 0 Å². The SMILES string of the molecule is CCn1cc(CNC(=O)c2[nH]ncc2I)c(C)n1. The first-order chi connectivity index (χ1) is 8.61. The van der Waals surface area contributed by atoms with Gasteiger partial charge in [-0.3, -0.25) is 14.6 Å². The summed E-state index contributed by atoms with van der Waals surface area (Å²) in [5.74, 6) is -0.152. The van der Waals surface area contributed by atoms with E-state index in [1.165, 1.54) is 0 Å². The number of aromatic amines is 1. The molecule has 0 saturated heterocycles. The minimum absolute atomic E-state index is 0.152. The Morgan fingerprint density at radius 1 is 1.61 bits per heavy atom. The van der Waals surface area contributed by atoms with Crippen LogP contribution in [0.25, 0.3) is 0 Å². The maximum Gasteiger partial charge on any atom is 0.270 e. The number of hydrogen-bond acceptors (Lipinski definition) is 3. The van der Waals surface area contributed by atoms with E-state index in [2.05, 4.69) is 43.2 Å². The van der Waals surface area contributed by atoms with Gasteiger partial charge in [0.1, 0.15) is 5.69 Å². The lowest BCUT2D eigenvalue weighted by Gasteiger charge is -2.02. The van der Waals surface area contributed by atoms with Crippen LogP contribution >= 0.6 is 22.6 Å². The lowest BCUT2D eigenvalue weighted by atomic mass is 10.2. The van der Waals surface area contributed by atoms with Crippen molar-refractivity contribution >= 4 is 28.5 Å². The zero-order valence-corrected chi connectivity index (χ0v) is 12.4. The van der Waals surface area contributed by atoms with Crippen LogP contribution in [0.5, 0.6) is 0 Å². The molecule has 0 unspecified atom stereocenters. The number of carbonyl (C=O) groups excluding carboxylic acids is 1. The fraction of sp³-hybridized carbons (Fsp3) is 0.364. The van der Waals surface area contributed by atoms with Crippen molar-refractivity contribution in [1.29, 1.82) is 0 Å². The van der Waals surface area contributed by atoms with Gasteiger partial charge in [-0.1, -0.05) is 0 Å². The molecule has 0 aromatic carbocycles. The van der Waals surface area contributed by atoms with Gasteiger partial charge >= 0.3 is 0 Å². The zero-order valence-electron chi connectivity index (χ0n) is 10.2. The van der Waals surface area contributed by atoms with E-state index in [0.29, 0.717) is 12.2 Å². The number of amides is 1. The highest BCUT2D eigenvalue weighted by Crippen LogP contribution is 2.09. The van der Waals surface area contributed by atoms with E-state index in [9.17, 15) is 4.79 Å². The summed E-state index contributed by atoms with van der Waals surface area (Å²) in [6, 6.07) is 0. The van der Waals surface area contributed by atoms with E-state index >= 15 is 0 Å². The number of carbonyl (C=O) groups is 1. The predicted octanol–water partition coefficient (Wildman–Crippen LogP) is 1.47. The number of aryl methyl sites for hydroxylation is 2. The molecule has 0 spiro atoms. The minimum Gasteiger partial charge on any atom is -0.346 e. The molecule has 0 radical (unpaired) electrons. The first-order valence-electron chi connectivity index (χ1n) is 5.61. The molecule has 0 aliphatic carbocycles. The van der Waals surface area contributed by atoms with Crippen molar-refractivity contribution in [3.8, 4) is 0 Å². The van der Waals surface area contributed by atoms with Gasteiger partial charge in [-0.05, 0) is 36.4 Å². The summed E-state index contributed by atoms with van der Waals surface area (Å²) in [7, 11) is 0. The Morgan fingerprint density at radius 2 is 2.39 bits per heavy atom. The van der Waals surface area contributed by atoms with Gasteiger partial charge in [0.05, 0.1) is 15.5 Å². The van der Waals surface area contributed by atoms with Crippen LogP contribution in [0, 0.1) is 10.5 Å². The topological polar surface area (TPSA) is 75.6 Å². The maximum atomic E-state index is 11.9. The van der Waals surface area contributed by atoms with E-state index in [1.54, 1.807) is 6.20 Å². The van der Waals surface area contributed by atoms with E-state index in [-0.39, 0.29) is 5.91 Å². The van der Waals surface area contributed by atoms with Crippen LogP contribution in [0.2, 0.25) is 0 Å². The predicted molar refractivity (Wildman–Crippen MR) is 75.1 cm³/mol. The van der Waals surface area contributed by atoms with Crippen molar-refractivity contribution in [2.45, 2.75) is 26.9 Å². The van der Waals surface area contributed by atoms with Crippen molar-refractivity contribution in [3.63, 3.8) is 0 Å².